The Bertz CT molecular complexity index is 1350. The maximum atomic E-state index is 12.4. The number of rotatable bonds is 7. The first kappa shape index (κ1) is 23.5. The SMILES string of the molecule is COc1ccc2nc(-c3ccc(Oc4ccccc4)cc3)cc([C@@H]3SC(=O)N[C@H]3CC(C)Cl)c2c1. The fourth-order valence-corrected chi connectivity index (χ4v) is 5.64. The first-order valence-corrected chi connectivity index (χ1v) is 12.7. The number of thioether (sulfide) groups is 1. The number of benzene rings is 3. The van der Waals surface area contributed by atoms with E-state index in [1.807, 2.05) is 79.7 Å². The Balaban J connectivity index is 1.55. The van der Waals surface area contributed by atoms with Gasteiger partial charge in [0.05, 0.1) is 23.6 Å². The number of carbonyl (C=O) groups excluding carboxylic acids is 1. The van der Waals surface area contributed by atoms with E-state index in [1.165, 1.54) is 11.8 Å². The lowest BCUT2D eigenvalue weighted by Gasteiger charge is -2.21. The van der Waals surface area contributed by atoms with Gasteiger partial charge in [0.25, 0.3) is 5.24 Å². The Morgan fingerprint density at radius 2 is 1.71 bits per heavy atom. The number of nitrogens with one attached hydrogen (secondary N) is 1. The molecule has 5 rings (SSSR count). The molecule has 0 bridgehead atoms. The summed E-state index contributed by atoms with van der Waals surface area (Å²) in [5, 5.41) is 3.89. The summed E-state index contributed by atoms with van der Waals surface area (Å²) >= 11 is 7.63. The lowest BCUT2D eigenvalue weighted by Crippen LogP contribution is -2.30. The fourth-order valence-electron chi connectivity index (χ4n) is 4.33. The van der Waals surface area contributed by atoms with Gasteiger partial charge in [0, 0.05) is 22.4 Å². The minimum atomic E-state index is -0.0826. The van der Waals surface area contributed by atoms with Gasteiger partial charge in [0.2, 0.25) is 0 Å². The number of pyridine rings is 1. The van der Waals surface area contributed by atoms with E-state index >= 15 is 0 Å². The van der Waals surface area contributed by atoms with Crippen molar-refractivity contribution >= 4 is 39.5 Å². The van der Waals surface area contributed by atoms with Crippen molar-refractivity contribution in [3.63, 3.8) is 0 Å². The lowest BCUT2D eigenvalue weighted by molar-refractivity contribution is 0.259. The molecule has 1 aliphatic rings. The molecule has 1 N–H and O–H groups in total. The molecule has 3 atom stereocenters. The van der Waals surface area contributed by atoms with Gasteiger partial charge in [0.15, 0.2) is 0 Å². The standard InChI is InChI=1S/C28H25ClN2O3S/c1-17(29)14-26-27(35-28(32)31-26)23-16-25(30-24-13-12-21(33-2)15-22(23)24)18-8-10-20(11-9-18)34-19-6-4-3-5-7-19/h3-13,15-17,26-27H,14H2,1-2H3,(H,31,32)/t17?,26-,27-/m0/s1. The maximum Gasteiger partial charge on any atom is 0.279 e. The van der Waals surface area contributed by atoms with E-state index in [0.717, 1.165) is 45.0 Å². The number of methoxy groups -OCH3 is 1. The Morgan fingerprint density at radius 3 is 2.43 bits per heavy atom. The third-order valence-electron chi connectivity index (χ3n) is 5.96. The molecule has 0 radical (unpaired) electrons. The monoisotopic (exact) mass is 504 g/mol. The smallest absolute Gasteiger partial charge is 0.279 e. The van der Waals surface area contributed by atoms with Crippen molar-refractivity contribution in [2.24, 2.45) is 0 Å². The molecule has 1 saturated heterocycles. The van der Waals surface area contributed by atoms with Gasteiger partial charge < -0.3 is 14.8 Å². The van der Waals surface area contributed by atoms with Crippen molar-refractivity contribution < 1.29 is 14.3 Å². The van der Waals surface area contributed by atoms with E-state index in [-0.39, 0.29) is 21.9 Å². The molecule has 7 heteroatoms. The summed E-state index contributed by atoms with van der Waals surface area (Å²) in [6.45, 7) is 1.95. The molecule has 1 amide bonds. The van der Waals surface area contributed by atoms with Crippen molar-refractivity contribution in [1.29, 1.82) is 0 Å². The van der Waals surface area contributed by atoms with E-state index in [0.29, 0.717) is 6.42 Å². The van der Waals surface area contributed by atoms with E-state index in [2.05, 4.69) is 11.4 Å². The van der Waals surface area contributed by atoms with Gasteiger partial charge in [0.1, 0.15) is 17.2 Å². The normalized spacial score (nSPS) is 18.3. The second-order valence-electron chi connectivity index (χ2n) is 8.51. The van der Waals surface area contributed by atoms with Crippen LogP contribution < -0.4 is 14.8 Å². The second-order valence-corrected chi connectivity index (χ2v) is 10.4. The first-order valence-electron chi connectivity index (χ1n) is 11.4. The van der Waals surface area contributed by atoms with Crippen molar-refractivity contribution in [2.45, 2.75) is 30.0 Å². The molecule has 35 heavy (non-hydrogen) atoms. The van der Waals surface area contributed by atoms with Gasteiger partial charge in [-0.3, -0.25) is 4.79 Å². The Kier molecular flexibility index (Phi) is 6.84. The predicted molar refractivity (Wildman–Crippen MR) is 143 cm³/mol. The highest BCUT2D eigenvalue weighted by molar-refractivity contribution is 8.14. The highest BCUT2D eigenvalue weighted by Gasteiger charge is 2.36. The van der Waals surface area contributed by atoms with E-state index < -0.39 is 0 Å². The molecule has 1 unspecified atom stereocenters. The van der Waals surface area contributed by atoms with Gasteiger partial charge in [-0.1, -0.05) is 30.0 Å². The maximum absolute atomic E-state index is 12.4. The quantitative estimate of drug-likeness (QED) is 0.263. The molecular formula is C28H25ClN2O3S. The summed E-state index contributed by atoms with van der Waals surface area (Å²) in [5.74, 6) is 2.29. The summed E-state index contributed by atoms with van der Waals surface area (Å²) < 4.78 is 11.4. The first-order chi connectivity index (χ1) is 17.0. The lowest BCUT2D eigenvalue weighted by atomic mass is 9.96. The Morgan fingerprint density at radius 1 is 1.00 bits per heavy atom. The van der Waals surface area contributed by atoms with Crippen LogP contribution in [0.5, 0.6) is 17.2 Å². The molecule has 1 aromatic heterocycles. The number of nitrogens with zero attached hydrogens (tertiary/aromatic N) is 1. The van der Waals surface area contributed by atoms with E-state index in [1.54, 1.807) is 7.11 Å². The van der Waals surface area contributed by atoms with Crippen LogP contribution in [-0.2, 0) is 0 Å². The van der Waals surface area contributed by atoms with Crippen molar-refractivity contribution in [3.05, 3.63) is 84.4 Å². The van der Waals surface area contributed by atoms with E-state index in [9.17, 15) is 4.79 Å². The third kappa shape index (κ3) is 5.24. The van der Waals surface area contributed by atoms with Gasteiger partial charge >= 0.3 is 0 Å². The minimum Gasteiger partial charge on any atom is -0.497 e. The van der Waals surface area contributed by atoms with Crippen molar-refractivity contribution in [1.82, 2.24) is 10.3 Å². The van der Waals surface area contributed by atoms with Crippen LogP contribution in [0.15, 0.2) is 78.9 Å². The average Bonchev–Trinajstić information content (AvgIpc) is 3.23. The molecular weight excluding hydrogens is 480 g/mol. The van der Waals surface area contributed by atoms with Crippen LogP contribution in [0.4, 0.5) is 4.79 Å². The Labute approximate surface area is 213 Å². The Hall–Kier alpha value is -3.22. The van der Waals surface area contributed by atoms with Gasteiger partial charge in [-0.2, -0.15) is 0 Å². The van der Waals surface area contributed by atoms with Crippen LogP contribution in [0.3, 0.4) is 0 Å². The minimum absolute atomic E-state index is 0.0332. The number of para-hydroxylation sites is 1. The van der Waals surface area contributed by atoms with Crippen molar-refractivity contribution in [2.75, 3.05) is 7.11 Å². The number of fused-ring (bicyclic) bond motifs is 1. The highest BCUT2D eigenvalue weighted by Crippen LogP contribution is 2.44. The van der Waals surface area contributed by atoms with Crippen LogP contribution in [0, 0.1) is 0 Å². The zero-order valence-corrected chi connectivity index (χ0v) is 21.0. The molecule has 4 aromatic rings. The summed E-state index contributed by atoms with van der Waals surface area (Å²) in [5.41, 5.74) is 3.69. The summed E-state index contributed by atoms with van der Waals surface area (Å²) in [6, 6.07) is 25.4. The number of halogens is 1. The second kappa shape index (κ2) is 10.2. The van der Waals surface area contributed by atoms with Gasteiger partial charge in [-0.25, -0.2) is 4.98 Å². The zero-order valence-electron chi connectivity index (χ0n) is 19.4. The molecule has 1 fully saturated rings. The van der Waals surface area contributed by atoms with E-state index in [4.69, 9.17) is 26.1 Å². The number of hydrogen-bond acceptors (Lipinski definition) is 5. The number of alkyl halides is 1. The third-order valence-corrected chi connectivity index (χ3v) is 7.31. The summed E-state index contributed by atoms with van der Waals surface area (Å²) in [7, 11) is 1.65. The predicted octanol–water partition coefficient (Wildman–Crippen LogP) is 7.59. The van der Waals surface area contributed by atoms with Crippen LogP contribution in [-0.4, -0.2) is 28.8 Å². The molecule has 178 valence electrons. The van der Waals surface area contributed by atoms with Crippen LogP contribution in [0.2, 0.25) is 0 Å². The zero-order chi connectivity index (χ0) is 24.4. The molecule has 3 aromatic carbocycles. The summed E-state index contributed by atoms with van der Waals surface area (Å²) in [4.78, 5) is 17.3. The van der Waals surface area contributed by atoms with Crippen LogP contribution >= 0.6 is 23.4 Å². The summed E-state index contributed by atoms with van der Waals surface area (Å²) in [6.07, 6.45) is 0.680. The number of aromatic nitrogens is 1. The number of hydrogen-bond donors (Lipinski definition) is 1. The van der Waals surface area contributed by atoms with Crippen molar-refractivity contribution in [3.8, 4) is 28.5 Å². The molecule has 0 saturated carbocycles. The fraction of sp³-hybridized carbons (Fsp3) is 0.214. The average molecular weight is 505 g/mol. The molecule has 5 nitrogen and oxygen atoms in total. The van der Waals surface area contributed by atoms with Gasteiger partial charge in [-0.05, 0) is 79.6 Å². The highest BCUT2D eigenvalue weighted by atomic mass is 35.5. The molecule has 0 spiro atoms. The topological polar surface area (TPSA) is 60.5 Å². The van der Waals surface area contributed by atoms with Gasteiger partial charge in [-0.15, -0.1) is 11.6 Å². The van der Waals surface area contributed by atoms with Crippen LogP contribution in [0.25, 0.3) is 22.2 Å². The van der Waals surface area contributed by atoms with Crippen LogP contribution in [0.1, 0.15) is 24.2 Å². The largest absolute Gasteiger partial charge is 0.497 e. The molecule has 1 aliphatic heterocycles. The number of amides is 1. The molecule has 0 aliphatic carbocycles. The number of ether oxygens (including phenoxy) is 2. The number of carbonyl (C=O) groups is 1. The molecule has 2 heterocycles.